The van der Waals surface area contributed by atoms with Gasteiger partial charge in [0.05, 0.1) is 0 Å². The van der Waals surface area contributed by atoms with Crippen LogP contribution in [-0.4, -0.2) is 11.9 Å². The molecule has 1 aliphatic rings. The van der Waals surface area contributed by atoms with Crippen LogP contribution < -0.4 is 4.72 Å². The van der Waals surface area contributed by atoms with E-state index in [9.17, 15) is 0 Å². The third-order valence-corrected chi connectivity index (χ3v) is 4.13. The van der Waals surface area contributed by atoms with Gasteiger partial charge in [0.25, 0.3) is 0 Å². The van der Waals surface area contributed by atoms with Crippen molar-refractivity contribution < 1.29 is 0 Å². The number of fused-ring (bicyclic) bond motifs is 1. The molecule has 0 spiro atoms. The summed E-state index contributed by atoms with van der Waals surface area (Å²) in [6.45, 7) is 8.85. The van der Waals surface area contributed by atoms with Gasteiger partial charge >= 0.3 is 0 Å². The second-order valence-electron chi connectivity index (χ2n) is 5.14. The molecule has 1 heterocycles. The van der Waals surface area contributed by atoms with Gasteiger partial charge in [0.15, 0.2) is 0 Å². The molecule has 0 unspecified atom stereocenters. The number of benzene rings is 2. The van der Waals surface area contributed by atoms with Crippen LogP contribution in [0, 0.1) is 0 Å². The van der Waals surface area contributed by atoms with E-state index in [2.05, 4.69) is 72.3 Å². The van der Waals surface area contributed by atoms with Crippen LogP contribution in [0.3, 0.4) is 0 Å². The van der Waals surface area contributed by atoms with E-state index in [4.69, 9.17) is 0 Å². The molecule has 114 valence electrons. The monoisotopic (exact) mass is 310 g/mol. The van der Waals surface area contributed by atoms with Crippen molar-refractivity contribution >= 4 is 17.6 Å². The van der Waals surface area contributed by atoms with Crippen LogP contribution in [0.4, 0.5) is 5.69 Å². The third-order valence-electron chi connectivity index (χ3n) is 3.28. The number of rotatable bonds is 4. The number of nitrogens with zero attached hydrogens (tertiary/aromatic N) is 1. The van der Waals surface area contributed by atoms with E-state index >= 15 is 0 Å². The maximum Gasteiger partial charge on any atom is 0.0446 e. The molecule has 1 N–H and O–H groups in total. The van der Waals surface area contributed by atoms with Crippen LogP contribution in [0.15, 0.2) is 78.7 Å². The zero-order chi connectivity index (χ0) is 15.8. The Hall–Kier alpha value is -1.97. The fraction of sp³-hybridized carbons (Fsp3) is 0.158. The van der Waals surface area contributed by atoms with Crippen LogP contribution in [0.25, 0.3) is 0 Å². The summed E-state index contributed by atoms with van der Waals surface area (Å²) in [5.41, 5.74) is 4.07. The smallest absolute Gasteiger partial charge is 0.0446 e. The van der Waals surface area contributed by atoms with E-state index < -0.39 is 0 Å². The lowest BCUT2D eigenvalue weighted by Gasteiger charge is -2.07. The number of allylic oxidation sites excluding steroid dienone is 2. The second kappa shape index (κ2) is 8.47. The first-order chi connectivity index (χ1) is 10.7. The molecule has 2 aromatic carbocycles. The summed E-state index contributed by atoms with van der Waals surface area (Å²) in [6.07, 6.45) is 3.28. The molecule has 1 aliphatic heterocycles. The number of hydrogen-bond acceptors (Lipinski definition) is 3. The topological polar surface area (TPSA) is 15.3 Å². The van der Waals surface area contributed by atoms with Crippen molar-refractivity contribution in [3.05, 3.63) is 85.0 Å². The van der Waals surface area contributed by atoms with E-state index in [1.54, 1.807) is 24.1 Å². The Kier molecular flexibility index (Phi) is 6.31. The first kappa shape index (κ1) is 16.4. The van der Waals surface area contributed by atoms with Crippen LogP contribution in [-0.2, 0) is 13.1 Å². The average molecular weight is 310 g/mol. The highest BCUT2D eigenvalue weighted by Gasteiger charge is 2.15. The maximum absolute atomic E-state index is 3.40. The van der Waals surface area contributed by atoms with Gasteiger partial charge in [-0.3, -0.25) is 4.90 Å². The van der Waals surface area contributed by atoms with Crippen LogP contribution in [0.1, 0.15) is 11.1 Å². The van der Waals surface area contributed by atoms with Gasteiger partial charge in [-0.05, 0) is 54.4 Å². The standard InChI is InChI=1S/C15H16N2S.C4H6/c1-17-10-12-7-8-14(9-13(12)11-17)16-18-15-5-3-2-4-6-15;1-3-4-2/h2-9,16H,10-11H2,1H3;3-4H,1-2H2. The molecule has 0 aromatic heterocycles. The van der Waals surface area contributed by atoms with E-state index in [1.165, 1.54) is 21.7 Å². The van der Waals surface area contributed by atoms with Gasteiger partial charge in [-0.15, -0.1) is 0 Å². The fourth-order valence-corrected chi connectivity index (χ4v) is 2.89. The molecule has 0 bridgehead atoms. The minimum atomic E-state index is 1.06. The summed E-state index contributed by atoms with van der Waals surface area (Å²) in [7, 11) is 2.16. The average Bonchev–Trinajstić information content (AvgIpc) is 2.93. The molecule has 0 radical (unpaired) electrons. The molecule has 0 saturated carbocycles. The van der Waals surface area contributed by atoms with Gasteiger partial charge in [-0.1, -0.05) is 49.6 Å². The molecule has 2 aromatic rings. The minimum Gasteiger partial charge on any atom is -0.326 e. The van der Waals surface area contributed by atoms with Gasteiger partial charge in [-0.2, -0.15) is 0 Å². The van der Waals surface area contributed by atoms with Crippen molar-refractivity contribution in [1.29, 1.82) is 0 Å². The Balaban J connectivity index is 0.000000396. The summed E-state index contributed by atoms with van der Waals surface area (Å²) < 4.78 is 3.40. The summed E-state index contributed by atoms with van der Waals surface area (Å²) >= 11 is 1.66. The molecule has 0 saturated heterocycles. The predicted molar refractivity (Wildman–Crippen MR) is 97.9 cm³/mol. The Bertz CT molecular complexity index is 617. The lowest BCUT2D eigenvalue weighted by Crippen LogP contribution is -2.07. The van der Waals surface area contributed by atoms with Crippen LogP contribution >= 0.6 is 11.9 Å². The van der Waals surface area contributed by atoms with Gasteiger partial charge < -0.3 is 4.72 Å². The molecule has 2 nitrogen and oxygen atoms in total. The number of hydrogen-bond donors (Lipinski definition) is 1. The predicted octanol–water partition coefficient (Wildman–Crippen LogP) is 5.11. The summed E-state index contributed by atoms with van der Waals surface area (Å²) in [5.74, 6) is 0. The molecule has 0 atom stereocenters. The summed E-state index contributed by atoms with van der Waals surface area (Å²) in [6, 6.07) is 17.0. The van der Waals surface area contributed by atoms with Crippen molar-refractivity contribution in [3.8, 4) is 0 Å². The van der Waals surface area contributed by atoms with Crippen molar-refractivity contribution in [3.63, 3.8) is 0 Å². The van der Waals surface area contributed by atoms with Crippen molar-refractivity contribution in [1.82, 2.24) is 4.90 Å². The maximum atomic E-state index is 3.40. The van der Waals surface area contributed by atoms with Crippen LogP contribution in [0.2, 0.25) is 0 Å². The Morgan fingerprint density at radius 1 is 1.00 bits per heavy atom. The van der Waals surface area contributed by atoms with E-state index in [0.29, 0.717) is 0 Å². The van der Waals surface area contributed by atoms with Crippen molar-refractivity contribution in [2.75, 3.05) is 11.8 Å². The number of nitrogens with one attached hydrogen (secondary N) is 1. The quantitative estimate of drug-likeness (QED) is 0.624. The SMILES string of the molecule is C=CC=C.CN1Cc2ccc(NSc3ccccc3)cc2C1. The fourth-order valence-electron chi connectivity index (χ4n) is 2.23. The van der Waals surface area contributed by atoms with E-state index in [1.807, 2.05) is 6.07 Å². The Morgan fingerprint density at radius 3 is 2.36 bits per heavy atom. The molecule has 22 heavy (non-hydrogen) atoms. The summed E-state index contributed by atoms with van der Waals surface area (Å²) in [4.78, 5) is 3.56. The first-order valence-corrected chi connectivity index (χ1v) is 8.06. The Labute approximate surface area is 137 Å². The third kappa shape index (κ3) is 4.79. The van der Waals surface area contributed by atoms with Crippen molar-refractivity contribution in [2.45, 2.75) is 18.0 Å². The number of anilines is 1. The molecular weight excluding hydrogens is 288 g/mol. The molecule has 0 fully saturated rings. The lowest BCUT2D eigenvalue weighted by molar-refractivity contribution is 0.353. The zero-order valence-electron chi connectivity index (χ0n) is 13.0. The Morgan fingerprint density at radius 2 is 1.68 bits per heavy atom. The zero-order valence-corrected chi connectivity index (χ0v) is 13.8. The highest BCUT2D eigenvalue weighted by atomic mass is 32.2. The molecule has 3 heteroatoms. The minimum absolute atomic E-state index is 1.06. The molecule has 0 amide bonds. The van der Waals surface area contributed by atoms with Gasteiger partial charge in [-0.25, -0.2) is 0 Å². The van der Waals surface area contributed by atoms with Gasteiger partial charge in [0, 0.05) is 23.7 Å². The summed E-state index contributed by atoms with van der Waals surface area (Å²) in [5, 5.41) is 0. The lowest BCUT2D eigenvalue weighted by atomic mass is 10.1. The van der Waals surface area contributed by atoms with Crippen molar-refractivity contribution in [2.24, 2.45) is 0 Å². The molecule has 0 aliphatic carbocycles. The highest BCUT2D eigenvalue weighted by Crippen LogP contribution is 2.27. The highest BCUT2D eigenvalue weighted by molar-refractivity contribution is 8.00. The van der Waals surface area contributed by atoms with Gasteiger partial charge in [0.2, 0.25) is 0 Å². The first-order valence-electron chi connectivity index (χ1n) is 7.24. The molecule has 3 rings (SSSR count). The molecular formula is C19H22N2S. The second-order valence-corrected chi connectivity index (χ2v) is 6.02. The van der Waals surface area contributed by atoms with E-state index in [0.717, 1.165) is 13.1 Å². The normalized spacial score (nSPS) is 12.8. The van der Waals surface area contributed by atoms with E-state index in [-0.39, 0.29) is 0 Å². The van der Waals surface area contributed by atoms with Gasteiger partial charge in [0.1, 0.15) is 0 Å². The van der Waals surface area contributed by atoms with Crippen LogP contribution in [0.5, 0.6) is 0 Å². The largest absolute Gasteiger partial charge is 0.326 e.